The second-order valence-electron chi connectivity index (χ2n) is 8.77. The van der Waals surface area contributed by atoms with E-state index in [1.54, 1.807) is 31.2 Å². The van der Waals surface area contributed by atoms with Gasteiger partial charge in [-0.1, -0.05) is 32.9 Å². The third-order valence-corrected chi connectivity index (χ3v) is 5.70. The molecule has 0 saturated carbocycles. The van der Waals surface area contributed by atoms with Crippen LogP contribution in [0, 0.1) is 11.3 Å². The minimum absolute atomic E-state index is 0.104. The summed E-state index contributed by atoms with van der Waals surface area (Å²) in [7, 11) is 0. The molecule has 10 nitrogen and oxygen atoms in total. The van der Waals surface area contributed by atoms with Crippen molar-refractivity contribution in [3.8, 4) is 0 Å². The van der Waals surface area contributed by atoms with Crippen LogP contribution in [0.25, 0.3) is 0 Å². The van der Waals surface area contributed by atoms with Crippen LogP contribution in [0.4, 0.5) is 11.4 Å². The minimum Gasteiger partial charge on any atom is -0.480 e. The number of carboxylic acids is 1. The van der Waals surface area contributed by atoms with Gasteiger partial charge in [-0.25, -0.2) is 4.79 Å². The monoisotopic (exact) mass is 479 g/mol. The van der Waals surface area contributed by atoms with Crippen LogP contribution in [0.5, 0.6) is 0 Å². The standard InChI is InChI=1S/C25H29N5O5/c1-4-19(25(34)35)30-13-21(31)29(12-14(2)3)20-10-9-17(11-18(20)24(30)33)28-23(32)16-7-5-15(6-8-16)22(26)27/h5-11,14,19H,4,12-13H2,1-3H3,(H3,26,27)(H,28,32)(H,34,35). The zero-order valence-corrected chi connectivity index (χ0v) is 19.9. The Balaban J connectivity index is 2.00. The third kappa shape index (κ3) is 5.48. The number of carboxylic acid groups (broad SMARTS) is 1. The topological polar surface area (TPSA) is 157 Å². The Morgan fingerprint density at radius 1 is 1.11 bits per heavy atom. The highest BCUT2D eigenvalue weighted by molar-refractivity contribution is 6.12. The lowest BCUT2D eigenvalue weighted by molar-refractivity contribution is -0.142. The van der Waals surface area contributed by atoms with Gasteiger partial charge >= 0.3 is 5.97 Å². The molecular formula is C25H29N5O5. The van der Waals surface area contributed by atoms with Gasteiger partial charge in [0.05, 0.1) is 11.3 Å². The first kappa shape index (κ1) is 25.4. The van der Waals surface area contributed by atoms with Gasteiger partial charge in [-0.2, -0.15) is 0 Å². The van der Waals surface area contributed by atoms with Crippen molar-refractivity contribution in [3.05, 3.63) is 59.2 Å². The first-order valence-electron chi connectivity index (χ1n) is 11.3. The number of carbonyl (C=O) groups excluding carboxylic acids is 3. The Hall–Kier alpha value is -4.21. The number of nitrogens with one attached hydrogen (secondary N) is 2. The highest BCUT2D eigenvalue weighted by atomic mass is 16.4. The fourth-order valence-corrected chi connectivity index (χ4v) is 3.96. The average Bonchev–Trinajstić information content (AvgIpc) is 2.90. The third-order valence-electron chi connectivity index (χ3n) is 5.70. The number of hydrogen-bond acceptors (Lipinski definition) is 5. The van der Waals surface area contributed by atoms with Crippen molar-refractivity contribution >= 4 is 40.9 Å². The first-order valence-corrected chi connectivity index (χ1v) is 11.3. The van der Waals surface area contributed by atoms with Gasteiger partial charge in [0.1, 0.15) is 18.4 Å². The van der Waals surface area contributed by atoms with E-state index < -0.39 is 23.8 Å². The van der Waals surface area contributed by atoms with E-state index >= 15 is 0 Å². The molecule has 1 aliphatic heterocycles. The van der Waals surface area contributed by atoms with Crippen molar-refractivity contribution in [1.82, 2.24) is 4.90 Å². The highest BCUT2D eigenvalue weighted by Crippen LogP contribution is 2.31. The predicted octanol–water partition coefficient (Wildman–Crippen LogP) is 2.53. The van der Waals surface area contributed by atoms with Gasteiger partial charge in [0.15, 0.2) is 0 Å². The van der Waals surface area contributed by atoms with Crippen molar-refractivity contribution in [2.75, 3.05) is 23.3 Å². The van der Waals surface area contributed by atoms with Crippen LogP contribution < -0.4 is 16.0 Å². The molecule has 1 heterocycles. The number of fused-ring (bicyclic) bond motifs is 1. The summed E-state index contributed by atoms with van der Waals surface area (Å²) in [5.41, 5.74) is 7.09. The predicted molar refractivity (Wildman–Crippen MR) is 132 cm³/mol. The molecule has 3 amide bonds. The summed E-state index contributed by atoms with van der Waals surface area (Å²) in [5, 5.41) is 19.8. The van der Waals surface area contributed by atoms with Crippen LogP contribution in [-0.4, -0.2) is 58.7 Å². The molecule has 0 saturated heterocycles. The van der Waals surface area contributed by atoms with E-state index in [4.69, 9.17) is 11.1 Å². The van der Waals surface area contributed by atoms with E-state index in [2.05, 4.69) is 5.32 Å². The second kappa shape index (κ2) is 10.4. The second-order valence-corrected chi connectivity index (χ2v) is 8.77. The summed E-state index contributed by atoms with van der Waals surface area (Å²) in [6.45, 7) is 5.52. The summed E-state index contributed by atoms with van der Waals surface area (Å²) in [4.78, 5) is 53.7. The molecule has 35 heavy (non-hydrogen) atoms. The molecule has 10 heteroatoms. The number of carbonyl (C=O) groups is 4. The lowest BCUT2D eigenvalue weighted by Gasteiger charge is -2.27. The fraction of sp³-hybridized carbons (Fsp3) is 0.320. The largest absolute Gasteiger partial charge is 0.480 e. The number of nitrogens with zero attached hydrogens (tertiary/aromatic N) is 2. The molecule has 0 bridgehead atoms. The minimum atomic E-state index is -1.19. The van der Waals surface area contributed by atoms with E-state index in [0.29, 0.717) is 29.0 Å². The highest BCUT2D eigenvalue weighted by Gasteiger charge is 2.37. The van der Waals surface area contributed by atoms with Crippen LogP contribution in [-0.2, 0) is 9.59 Å². The molecule has 5 N–H and O–H groups in total. The van der Waals surface area contributed by atoms with E-state index in [1.807, 2.05) is 13.8 Å². The fourth-order valence-electron chi connectivity index (χ4n) is 3.96. The molecule has 184 valence electrons. The maximum atomic E-state index is 13.5. The molecule has 0 spiro atoms. The smallest absolute Gasteiger partial charge is 0.326 e. The van der Waals surface area contributed by atoms with E-state index in [1.165, 1.54) is 23.1 Å². The normalized spacial score (nSPS) is 14.4. The number of amidine groups is 1. The SMILES string of the molecule is CCC(C(=O)O)N1CC(=O)N(CC(C)C)c2ccc(NC(=O)c3ccc(C(=N)N)cc3)cc2C1=O. The van der Waals surface area contributed by atoms with E-state index in [0.717, 1.165) is 4.90 Å². The number of anilines is 2. The molecule has 0 aliphatic carbocycles. The van der Waals surface area contributed by atoms with E-state index in [9.17, 15) is 24.3 Å². The lowest BCUT2D eigenvalue weighted by Crippen LogP contribution is -2.48. The van der Waals surface area contributed by atoms with Crippen molar-refractivity contribution in [3.63, 3.8) is 0 Å². The molecule has 1 unspecified atom stereocenters. The molecular weight excluding hydrogens is 450 g/mol. The van der Waals surface area contributed by atoms with Gasteiger partial charge < -0.3 is 26.0 Å². The summed E-state index contributed by atoms with van der Waals surface area (Å²) in [5.74, 6) is -2.59. The molecule has 2 aromatic carbocycles. The van der Waals surface area contributed by atoms with Crippen LogP contribution in [0.2, 0.25) is 0 Å². The van der Waals surface area contributed by atoms with Crippen LogP contribution in [0.1, 0.15) is 53.5 Å². The summed E-state index contributed by atoms with van der Waals surface area (Å²) in [6.07, 6.45) is 0.139. The Morgan fingerprint density at radius 3 is 2.29 bits per heavy atom. The Labute approximate surface area is 203 Å². The number of nitrogens with two attached hydrogens (primary N) is 1. The molecule has 0 radical (unpaired) electrons. The molecule has 1 aliphatic rings. The summed E-state index contributed by atoms with van der Waals surface area (Å²) >= 11 is 0. The van der Waals surface area contributed by atoms with Gasteiger partial charge in [0.2, 0.25) is 5.91 Å². The van der Waals surface area contributed by atoms with Crippen LogP contribution in [0.15, 0.2) is 42.5 Å². The summed E-state index contributed by atoms with van der Waals surface area (Å²) in [6, 6.07) is 9.67. The number of rotatable bonds is 8. The average molecular weight is 480 g/mol. The number of nitrogen functional groups attached to an aromatic ring is 1. The van der Waals surface area contributed by atoms with E-state index in [-0.39, 0.29) is 36.2 Å². The van der Waals surface area contributed by atoms with Crippen LogP contribution >= 0.6 is 0 Å². The zero-order chi connectivity index (χ0) is 25.9. The molecule has 3 rings (SSSR count). The Morgan fingerprint density at radius 2 is 1.74 bits per heavy atom. The van der Waals surface area contributed by atoms with Crippen molar-refractivity contribution in [2.24, 2.45) is 11.7 Å². The molecule has 1 atom stereocenters. The van der Waals surface area contributed by atoms with Gasteiger partial charge in [-0.05, 0) is 42.7 Å². The maximum Gasteiger partial charge on any atom is 0.326 e. The zero-order valence-electron chi connectivity index (χ0n) is 19.9. The van der Waals surface area contributed by atoms with Crippen molar-refractivity contribution in [1.29, 1.82) is 5.41 Å². The molecule has 0 aromatic heterocycles. The van der Waals surface area contributed by atoms with Crippen LogP contribution in [0.3, 0.4) is 0 Å². The molecule has 0 fully saturated rings. The quantitative estimate of drug-likeness (QED) is 0.337. The number of aliphatic carboxylic acids is 1. The van der Waals surface area contributed by atoms with Gasteiger partial charge in [0, 0.05) is 23.4 Å². The van der Waals surface area contributed by atoms with Gasteiger partial charge in [0.25, 0.3) is 11.8 Å². The van der Waals surface area contributed by atoms with Crippen molar-refractivity contribution in [2.45, 2.75) is 33.2 Å². The first-order chi connectivity index (χ1) is 16.5. The van der Waals surface area contributed by atoms with Gasteiger partial charge in [-0.15, -0.1) is 0 Å². The van der Waals surface area contributed by atoms with Gasteiger partial charge in [-0.3, -0.25) is 19.8 Å². The number of benzene rings is 2. The number of hydrogen-bond donors (Lipinski definition) is 4. The lowest BCUT2D eigenvalue weighted by atomic mass is 10.1. The Kier molecular flexibility index (Phi) is 7.53. The summed E-state index contributed by atoms with van der Waals surface area (Å²) < 4.78 is 0. The van der Waals surface area contributed by atoms with Crippen molar-refractivity contribution < 1.29 is 24.3 Å². The number of amides is 3. The maximum absolute atomic E-state index is 13.5. The molecule has 2 aromatic rings. The Bertz CT molecular complexity index is 1180.